The number of benzene rings is 1. The highest BCUT2D eigenvalue weighted by molar-refractivity contribution is 5.83. The minimum atomic E-state index is -0.409. The van der Waals surface area contributed by atoms with Crippen molar-refractivity contribution in [3.63, 3.8) is 0 Å². The summed E-state index contributed by atoms with van der Waals surface area (Å²) in [5.74, 6) is -0.234. The minimum absolute atomic E-state index is 0.175. The lowest BCUT2D eigenvalue weighted by atomic mass is 10.2. The van der Waals surface area contributed by atoms with Crippen molar-refractivity contribution in [1.82, 2.24) is 5.16 Å². The van der Waals surface area contributed by atoms with Crippen LogP contribution in [0, 0.1) is 5.82 Å². The van der Waals surface area contributed by atoms with Crippen molar-refractivity contribution in [3.05, 3.63) is 24.1 Å². The molecule has 62 valence electrons. The molecule has 1 heterocycles. The van der Waals surface area contributed by atoms with E-state index in [1.807, 2.05) is 0 Å². The van der Waals surface area contributed by atoms with Gasteiger partial charge in [-0.05, 0) is 12.1 Å². The van der Waals surface area contributed by atoms with Crippen LogP contribution in [0.15, 0.2) is 22.9 Å². The molecule has 0 saturated heterocycles. The minimum Gasteiger partial charge on any atom is -0.493 e. The summed E-state index contributed by atoms with van der Waals surface area (Å²) in [6.07, 6.45) is 1.43. The lowest BCUT2D eigenvalue weighted by Crippen LogP contribution is -1.87. The first-order valence-corrected chi connectivity index (χ1v) is 3.40. The number of rotatable bonds is 1. The molecule has 3 nitrogen and oxygen atoms in total. The van der Waals surface area contributed by atoms with E-state index in [4.69, 9.17) is 9.26 Å². The van der Waals surface area contributed by atoms with Gasteiger partial charge in [0.15, 0.2) is 17.1 Å². The lowest BCUT2D eigenvalue weighted by Gasteiger charge is -2.00. The Morgan fingerprint density at radius 1 is 1.50 bits per heavy atom. The molecule has 0 aliphatic rings. The number of hydrogen-bond donors (Lipinski definition) is 0. The Morgan fingerprint density at radius 2 is 2.33 bits per heavy atom. The van der Waals surface area contributed by atoms with Crippen LogP contribution in [0.1, 0.15) is 0 Å². The van der Waals surface area contributed by atoms with E-state index in [1.165, 1.54) is 25.4 Å². The standard InChI is InChI=1S/C8H6FNO2/c1-11-8-5-4-10-12-7(5)3-2-6(8)9/h2-4H,1H3. The van der Waals surface area contributed by atoms with Gasteiger partial charge in [0.2, 0.25) is 0 Å². The SMILES string of the molecule is COc1c(F)ccc2oncc12. The second kappa shape index (κ2) is 2.48. The van der Waals surface area contributed by atoms with Crippen LogP contribution in [0.5, 0.6) is 5.75 Å². The second-order valence-electron chi connectivity index (χ2n) is 2.32. The number of ether oxygens (including phenoxy) is 1. The fourth-order valence-electron chi connectivity index (χ4n) is 1.10. The molecule has 2 rings (SSSR count). The van der Waals surface area contributed by atoms with E-state index in [-0.39, 0.29) is 5.75 Å². The van der Waals surface area contributed by atoms with Gasteiger partial charge in [0.1, 0.15) is 0 Å². The average molecular weight is 167 g/mol. The van der Waals surface area contributed by atoms with Crippen molar-refractivity contribution in [1.29, 1.82) is 0 Å². The first-order chi connectivity index (χ1) is 5.83. The van der Waals surface area contributed by atoms with Gasteiger partial charge < -0.3 is 9.26 Å². The molecule has 0 aliphatic carbocycles. The molecule has 0 aliphatic heterocycles. The average Bonchev–Trinajstić information content (AvgIpc) is 2.52. The first kappa shape index (κ1) is 7.09. The van der Waals surface area contributed by atoms with E-state index in [2.05, 4.69) is 5.16 Å². The van der Waals surface area contributed by atoms with Crippen LogP contribution in [0.4, 0.5) is 4.39 Å². The Morgan fingerprint density at radius 3 is 3.08 bits per heavy atom. The van der Waals surface area contributed by atoms with Crippen LogP contribution in [0.3, 0.4) is 0 Å². The molecular weight excluding hydrogens is 161 g/mol. The predicted molar refractivity (Wildman–Crippen MR) is 40.5 cm³/mol. The van der Waals surface area contributed by atoms with Crippen LogP contribution < -0.4 is 4.74 Å². The van der Waals surface area contributed by atoms with Crippen molar-refractivity contribution >= 4 is 11.0 Å². The molecule has 0 amide bonds. The zero-order chi connectivity index (χ0) is 8.55. The summed E-state index contributed by atoms with van der Waals surface area (Å²) in [6.45, 7) is 0. The normalized spacial score (nSPS) is 10.5. The quantitative estimate of drug-likeness (QED) is 0.651. The Bertz CT molecular complexity index is 410. The van der Waals surface area contributed by atoms with E-state index in [1.54, 1.807) is 0 Å². The van der Waals surface area contributed by atoms with Gasteiger partial charge in [0.05, 0.1) is 18.7 Å². The highest BCUT2D eigenvalue weighted by atomic mass is 19.1. The van der Waals surface area contributed by atoms with Crippen molar-refractivity contribution < 1.29 is 13.7 Å². The van der Waals surface area contributed by atoms with Crippen molar-refractivity contribution in [3.8, 4) is 5.75 Å². The van der Waals surface area contributed by atoms with Gasteiger partial charge in [-0.3, -0.25) is 0 Å². The molecule has 0 N–H and O–H groups in total. The Labute approximate surface area is 67.7 Å². The molecule has 1 aromatic heterocycles. The molecule has 0 spiro atoms. The van der Waals surface area contributed by atoms with Gasteiger partial charge in [0, 0.05) is 0 Å². The monoisotopic (exact) mass is 167 g/mol. The molecule has 2 aromatic rings. The highest BCUT2D eigenvalue weighted by Crippen LogP contribution is 2.27. The van der Waals surface area contributed by atoms with Gasteiger partial charge in [-0.1, -0.05) is 5.16 Å². The van der Waals surface area contributed by atoms with Crippen molar-refractivity contribution in [2.45, 2.75) is 0 Å². The summed E-state index contributed by atoms with van der Waals surface area (Å²) in [4.78, 5) is 0. The summed E-state index contributed by atoms with van der Waals surface area (Å²) in [5, 5.41) is 4.08. The van der Waals surface area contributed by atoms with Crippen molar-refractivity contribution in [2.75, 3.05) is 7.11 Å². The number of halogens is 1. The van der Waals surface area contributed by atoms with E-state index in [9.17, 15) is 4.39 Å². The summed E-state index contributed by atoms with van der Waals surface area (Å²) >= 11 is 0. The second-order valence-corrected chi connectivity index (χ2v) is 2.32. The van der Waals surface area contributed by atoms with Gasteiger partial charge >= 0.3 is 0 Å². The van der Waals surface area contributed by atoms with E-state index in [0.717, 1.165) is 0 Å². The third-order valence-corrected chi connectivity index (χ3v) is 1.65. The summed E-state index contributed by atoms with van der Waals surface area (Å²) in [6, 6.07) is 2.80. The van der Waals surface area contributed by atoms with Crippen molar-refractivity contribution in [2.24, 2.45) is 0 Å². The molecule has 0 bridgehead atoms. The third kappa shape index (κ3) is 0.845. The fraction of sp³-hybridized carbons (Fsp3) is 0.125. The maximum atomic E-state index is 13.0. The van der Waals surface area contributed by atoms with Gasteiger partial charge in [0.25, 0.3) is 0 Å². The summed E-state index contributed by atoms with van der Waals surface area (Å²) in [7, 11) is 1.41. The Kier molecular flexibility index (Phi) is 1.46. The number of fused-ring (bicyclic) bond motifs is 1. The Hall–Kier alpha value is -1.58. The molecule has 0 radical (unpaired) electrons. The number of nitrogens with zero attached hydrogens (tertiary/aromatic N) is 1. The molecule has 0 atom stereocenters. The largest absolute Gasteiger partial charge is 0.493 e. The summed E-state index contributed by atoms with van der Waals surface area (Å²) in [5.41, 5.74) is 0.522. The van der Waals surface area contributed by atoms with Gasteiger partial charge in [-0.25, -0.2) is 4.39 Å². The van der Waals surface area contributed by atoms with Gasteiger partial charge in [-0.2, -0.15) is 0 Å². The van der Waals surface area contributed by atoms with Crippen LogP contribution in [0.2, 0.25) is 0 Å². The zero-order valence-electron chi connectivity index (χ0n) is 6.37. The number of aromatic nitrogens is 1. The van der Waals surface area contributed by atoms with E-state index < -0.39 is 5.82 Å². The lowest BCUT2D eigenvalue weighted by molar-refractivity contribution is 0.391. The van der Waals surface area contributed by atoms with Gasteiger partial charge in [-0.15, -0.1) is 0 Å². The highest BCUT2D eigenvalue weighted by Gasteiger charge is 2.09. The Balaban J connectivity index is 2.83. The number of methoxy groups -OCH3 is 1. The smallest absolute Gasteiger partial charge is 0.170 e. The molecule has 0 saturated carbocycles. The third-order valence-electron chi connectivity index (χ3n) is 1.65. The maximum absolute atomic E-state index is 13.0. The van der Waals surface area contributed by atoms with Crippen LogP contribution >= 0.6 is 0 Å². The molecular formula is C8H6FNO2. The van der Waals surface area contributed by atoms with Crippen LogP contribution in [-0.2, 0) is 0 Å². The molecule has 12 heavy (non-hydrogen) atoms. The molecule has 1 aromatic carbocycles. The topological polar surface area (TPSA) is 35.3 Å². The van der Waals surface area contributed by atoms with E-state index >= 15 is 0 Å². The van der Waals surface area contributed by atoms with Crippen LogP contribution in [-0.4, -0.2) is 12.3 Å². The van der Waals surface area contributed by atoms with Crippen LogP contribution in [0.25, 0.3) is 11.0 Å². The zero-order valence-corrected chi connectivity index (χ0v) is 6.37. The predicted octanol–water partition coefficient (Wildman–Crippen LogP) is 1.98. The summed E-state index contributed by atoms with van der Waals surface area (Å²) < 4.78 is 22.7. The fourth-order valence-corrected chi connectivity index (χ4v) is 1.10. The molecule has 4 heteroatoms. The first-order valence-electron chi connectivity index (χ1n) is 3.40. The maximum Gasteiger partial charge on any atom is 0.170 e. The number of hydrogen-bond acceptors (Lipinski definition) is 3. The molecule has 0 unspecified atom stereocenters. The van der Waals surface area contributed by atoms with E-state index in [0.29, 0.717) is 11.0 Å². The molecule has 0 fully saturated rings.